The molecule has 0 fully saturated rings. The topological polar surface area (TPSA) is 63.6 Å². The maximum absolute atomic E-state index is 9.81. The van der Waals surface area contributed by atoms with Gasteiger partial charge in [0, 0.05) is 18.5 Å². The number of methoxy groups -OCH3 is 2. The first-order valence-corrected chi connectivity index (χ1v) is 6.70. The summed E-state index contributed by atoms with van der Waals surface area (Å²) in [5.74, 6) is 0.836. The first kappa shape index (κ1) is 13.6. The third-order valence-corrected chi connectivity index (χ3v) is 3.29. The van der Waals surface area contributed by atoms with Crippen molar-refractivity contribution in [3.05, 3.63) is 34.3 Å². The molecule has 2 aromatic rings. The van der Waals surface area contributed by atoms with E-state index in [1.165, 1.54) is 14.2 Å². The Hall–Kier alpha value is -1.79. The highest BCUT2D eigenvalue weighted by Gasteiger charge is 2.10. The zero-order chi connectivity index (χ0) is 13.7. The van der Waals surface area contributed by atoms with E-state index in [9.17, 15) is 5.11 Å². The van der Waals surface area contributed by atoms with Crippen LogP contribution in [-0.2, 0) is 13.1 Å². The monoisotopic (exact) mass is 280 g/mol. The quantitative estimate of drug-likeness (QED) is 0.849. The van der Waals surface area contributed by atoms with Gasteiger partial charge in [0.05, 0.1) is 25.4 Å². The summed E-state index contributed by atoms with van der Waals surface area (Å²) in [6, 6.07) is 3.57. The lowest BCUT2D eigenvalue weighted by Gasteiger charge is -2.11. The van der Waals surface area contributed by atoms with Gasteiger partial charge in [-0.2, -0.15) is 0 Å². The average molecular weight is 280 g/mol. The molecule has 5 nitrogen and oxygen atoms in total. The van der Waals surface area contributed by atoms with Gasteiger partial charge in [-0.25, -0.2) is 4.98 Å². The number of nitrogens with one attached hydrogen (secondary N) is 1. The second-order valence-electron chi connectivity index (χ2n) is 3.93. The van der Waals surface area contributed by atoms with E-state index in [1.54, 1.807) is 23.5 Å². The zero-order valence-corrected chi connectivity index (χ0v) is 11.7. The van der Waals surface area contributed by atoms with Crippen molar-refractivity contribution < 1.29 is 14.6 Å². The van der Waals surface area contributed by atoms with Crippen LogP contribution in [0.4, 0.5) is 0 Å². The predicted molar refractivity (Wildman–Crippen MR) is 73.9 cm³/mol. The smallest absolute Gasteiger partial charge is 0.200 e. The van der Waals surface area contributed by atoms with Crippen LogP contribution in [-0.4, -0.2) is 24.3 Å². The molecule has 0 saturated heterocycles. The first-order chi connectivity index (χ1) is 9.24. The molecule has 1 aromatic heterocycles. The average Bonchev–Trinajstić information content (AvgIpc) is 2.93. The van der Waals surface area contributed by atoms with Crippen LogP contribution >= 0.6 is 11.3 Å². The number of rotatable bonds is 6. The normalized spacial score (nSPS) is 10.4. The van der Waals surface area contributed by atoms with E-state index in [2.05, 4.69) is 10.3 Å². The Morgan fingerprint density at radius 1 is 1.21 bits per heavy atom. The summed E-state index contributed by atoms with van der Waals surface area (Å²) in [5, 5.41) is 15.1. The van der Waals surface area contributed by atoms with E-state index in [4.69, 9.17) is 9.47 Å². The summed E-state index contributed by atoms with van der Waals surface area (Å²) in [7, 11) is 3.03. The minimum Gasteiger partial charge on any atom is -0.502 e. The minimum absolute atomic E-state index is 0.0215. The first-order valence-electron chi connectivity index (χ1n) is 5.76. The van der Waals surface area contributed by atoms with Crippen LogP contribution in [0.2, 0.25) is 0 Å². The number of ether oxygens (including phenoxy) is 2. The molecule has 2 N–H and O–H groups in total. The molecule has 0 aliphatic heterocycles. The molecule has 2 rings (SSSR count). The number of aromatic nitrogens is 1. The van der Waals surface area contributed by atoms with Crippen LogP contribution in [0.3, 0.4) is 0 Å². The minimum atomic E-state index is 0.0215. The third-order valence-electron chi connectivity index (χ3n) is 2.66. The SMILES string of the molecule is COc1cc(CNCc2cscn2)cc(OC)c1O. The van der Waals surface area contributed by atoms with Crippen molar-refractivity contribution >= 4 is 11.3 Å². The molecule has 102 valence electrons. The number of hydrogen-bond donors (Lipinski definition) is 2. The van der Waals surface area contributed by atoms with Gasteiger partial charge in [-0.05, 0) is 17.7 Å². The van der Waals surface area contributed by atoms with E-state index in [1.807, 2.05) is 10.9 Å². The molecule has 0 bridgehead atoms. The van der Waals surface area contributed by atoms with E-state index >= 15 is 0 Å². The summed E-state index contributed by atoms with van der Waals surface area (Å²) >= 11 is 1.58. The fraction of sp³-hybridized carbons (Fsp3) is 0.308. The van der Waals surface area contributed by atoms with Crippen molar-refractivity contribution in [3.8, 4) is 17.2 Å². The van der Waals surface area contributed by atoms with Gasteiger partial charge in [0.25, 0.3) is 0 Å². The van der Waals surface area contributed by atoms with Crippen molar-refractivity contribution in [3.63, 3.8) is 0 Å². The van der Waals surface area contributed by atoms with Crippen LogP contribution in [0.5, 0.6) is 17.2 Å². The fourth-order valence-electron chi connectivity index (χ4n) is 1.71. The van der Waals surface area contributed by atoms with Gasteiger partial charge in [-0.1, -0.05) is 0 Å². The van der Waals surface area contributed by atoms with Gasteiger partial charge < -0.3 is 19.9 Å². The van der Waals surface area contributed by atoms with Crippen molar-refractivity contribution in [2.45, 2.75) is 13.1 Å². The highest BCUT2D eigenvalue weighted by molar-refractivity contribution is 7.07. The van der Waals surface area contributed by atoms with E-state index in [0.29, 0.717) is 24.6 Å². The Morgan fingerprint density at radius 3 is 2.42 bits per heavy atom. The molecule has 1 heterocycles. The molecule has 1 aromatic carbocycles. The Balaban J connectivity index is 2.03. The molecule has 0 aliphatic rings. The molecule has 0 amide bonds. The number of phenols is 1. The Morgan fingerprint density at radius 2 is 1.89 bits per heavy atom. The molecule has 0 saturated carbocycles. The van der Waals surface area contributed by atoms with Gasteiger partial charge >= 0.3 is 0 Å². The lowest BCUT2D eigenvalue weighted by atomic mass is 10.2. The van der Waals surface area contributed by atoms with Gasteiger partial charge in [0.15, 0.2) is 11.5 Å². The van der Waals surface area contributed by atoms with Crippen LogP contribution in [0, 0.1) is 0 Å². The highest BCUT2D eigenvalue weighted by atomic mass is 32.1. The van der Waals surface area contributed by atoms with Crippen LogP contribution in [0.1, 0.15) is 11.3 Å². The zero-order valence-electron chi connectivity index (χ0n) is 10.8. The summed E-state index contributed by atoms with van der Waals surface area (Å²) in [4.78, 5) is 4.20. The maximum atomic E-state index is 9.81. The summed E-state index contributed by atoms with van der Waals surface area (Å²) < 4.78 is 10.2. The molecule has 0 aliphatic carbocycles. The highest BCUT2D eigenvalue weighted by Crippen LogP contribution is 2.36. The van der Waals surface area contributed by atoms with Crippen molar-refractivity contribution in [1.29, 1.82) is 0 Å². The summed E-state index contributed by atoms with van der Waals surface area (Å²) in [6.45, 7) is 1.35. The van der Waals surface area contributed by atoms with Gasteiger partial charge in [0.2, 0.25) is 5.75 Å². The molecule has 6 heteroatoms. The predicted octanol–water partition coefficient (Wildman–Crippen LogP) is 2.16. The Bertz CT molecular complexity index is 504. The van der Waals surface area contributed by atoms with E-state index in [-0.39, 0.29) is 5.75 Å². The van der Waals surface area contributed by atoms with Crippen LogP contribution < -0.4 is 14.8 Å². The van der Waals surface area contributed by atoms with Crippen molar-refractivity contribution in [1.82, 2.24) is 10.3 Å². The number of aromatic hydroxyl groups is 1. The molecule has 0 radical (unpaired) electrons. The van der Waals surface area contributed by atoms with Crippen molar-refractivity contribution in [2.24, 2.45) is 0 Å². The van der Waals surface area contributed by atoms with E-state index in [0.717, 1.165) is 11.3 Å². The molecule has 19 heavy (non-hydrogen) atoms. The standard InChI is InChI=1S/C13H16N2O3S/c1-17-11-3-9(4-12(18-2)13(11)16)5-14-6-10-7-19-8-15-10/h3-4,7-8,14,16H,5-6H2,1-2H3. The van der Waals surface area contributed by atoms with Crippen LogP contribution in [0.15, 0.2) is 23.0 Å². The lowest BCUT2D eigenvalue weighted by molar-refractivity contribution is 0.339. The Kier molecular flexibility index (Phi) is 4.59. The second-order valence-corrected chi connectivity index (χ2v) is 4.65. The molecule has 0 atom stereocenters. The number of benzene rings is 1. The van der Waals surface area contributed by atoms with Gasteiger partial charge in [-0.15, -0.1) is 11.3 Å². The van der Waals surface area contributed by atoms with Gasteiger partial charge in [-0.3, -0.25) is 0 Å². The number of phenolic OH excluding ortho intramolecular Hbond substituents is 1. The number of nitrogens with zero attached hydrogens (tertiary/aromatic N) is 1. The maximum Gasteiger partial charge on any atom is 0.200 e. The third kappa shape index (κ3) is 3.36. The van der Waals surface area contributed by atoms with E-state index < -0.39 is 0 Å². The number of thiazole rings is 1. The van der Waals surface area contributed by atoms with Crippen molar-refractivity contribution in [2.75, 3.05) is 14.2 Å². The number of hydrogen-bond acceptors (Lipinski definition) is 6. The molecular formula is C13H16N2O3S. The summed E-state index contributed by atoms with van der Waals surface area (Å²) in [6.07, 6.45) is 0. The molecule has 0 unspecified atom stereocenters. The van der Waals surface area contributed by atoms with Gasteiger partial charge in [0.1, 0.15) is 0 Å². The lowest BCUT2D eigenvalue weighted by Crippen LogP contribution is -2.13. The second kappa shape index (κ2) is 6.40. The fourth-order valence-corrected chi connectivity index (χ4v) is 2.27. The molecule has 0 spiro atoms. The summed E-state index contributed by atoms with van der Waals surface area (Å²) in [5.41, 5.74) is 3.80. The largest absolute Gasteiger partial charge is 0.502 e. The van der Waals surface area contributed by atoms with Crippen LogP contribution in [0.25, 0.3) is 0 Å². The Labute approximate surface area is 115 Å². The molecular weight excluding hydrogens is 264 g/mol.